The summed E-state index contributed by atoms with van der Waals surface area (Å²) in [5.41, 5.74) is 0.458. The van der Waals surface area contributed by atoms with Crippen molar-refractivity contribution in [2.45, 2.75) is 11.3 Å². The van der Waals surface area contributed by atoms with E-state index in [1.165, 1.54) is 17.9 Å². The Balaban J connectivity index is 1.51. The third-order valence-corrected chi connectivity index (χ3v) is 6.45. The minimum atomic E-state index is -4.52. The molecule has 4 rings (SSSR count). The third kappa shape index (κ3) is 5.85. The lowest BCUT2D eigenvalue weighted by Crippen LogP contribution is -2.44. The fraction of sp³-hybridized carbons (Fsp3) is 0.364. The van der Waals surface area contributed by atoms with Crippen LogP contribution in [0.1, 0.15) is 5.56 Å². The zero-order chi connectivity index (χ0) is 25.0. The molecule has 1 saturated heterocycles. The van der Waals surface area contributed by atoms with Crippen LogP contribution < -0.4 is 15.0 Å². The molecule has 1 amide bonds. The van der Waals surface area contributed by atoms with Crippen molar-refractivity contribution < 1.29 is 22.7 Å². The van der Waals surface area contributed by atoms with Gasteiger partial charge in [-0.15, -0.1) is 5.10 Å². The predicted octanol–water partition coefficient (Wildman–Crippen LogP) is 3.17. The maximum absolute atomic E-state index is 13.4. The van der Waals surface area contributed by atoms with Crippen molar-refractivity contribution in [2.24, 2.45) is 0 Å². The first kappa shape index (κ1) is 24.8. The van der Waals surface area contributed by atoms with Crippen LogP contribution in [0.4, 0.5) is 24.5 Å². The minimum Gasteiger partial charge on any atom is -0.494 e. The molecule has 2 aromatic carbocycles. The number of carbonyl (C=O) groups excluding carboxylic acids is 1. The molecule has 3 aromatic rings. The highest BCUT2D eigenvalue weighted by Gasteiger charge is 2.32. The number of hydrogen-bond acceptors (Lipinski definition) is 8. The van der Waals surface area contributed by atoms with Gasteiger partial charge in [-0.1, -0.05) is 23.9 Å². The molecule has 0 bridgehead atoms. The second-order valence-electron chi connectivity index (χ2n) is 7.90. The number of aromatic nitrogens is 4. The first-order chi connectivity index (χ1) is 16.8. The smallest absolute Gasteiger partial charge is 0.416 e. The maximum Gasteiger partial charge on any atom is 0.416 e. The lowest BCUT2D eigenvalue weighted by molar-refractivity contribution is -0.137. The van der Waals surface area contributed by atoms with E-state index in [0.29, 0.717) is 35.4 Å². The number of methoxy groups -OCH3 is 1. The average molecular weight is 508 g/mol. The molecule has 1 N–H and O–H groups in total. The number of nitrogens with zero attached hydrogens (tertiary/aromatic N) is 6. The molecule has 0 atom stereocenters. The molecule has 1 aliphatic heterocycles. The lowest BCUT2D eigenvalue weighted by atomic mass is 10.1. The fourth-order valence-electron chi connectivity index (χ4n) is 3.68. The van der Waals surface area contributed by atoms with E-state index < -0.39 is 17.6 Å². The van der Waals surface area contributed by atoms with Crippen LogP contribution in [0, 0.1) is 0 Å². The van der Waals surface area contributed by atoms with Gasteiger partial charge in [0.1, 0.15) is 11.4 Å². The van der Waals surface area contributed by atoms with Crippen molar-refractivity contribution in [3.8, 4) is 11.4 Å². The van der Waals surface area contributed by atoms with Crippen LogP contribution in [-0.4, -0.2) is 77.1 Å². The zero-order valence-electron chi connectivity index (χ0n) is 19.1. The van der Waals surface area contributed by atoms with E-state index >= 15 is 0 Å². The number of nitrogens with one attached hydrogen (secondary N) is 1. The summed E-state index contributed by atoms with van der Waals surface area (Å²) in [6.45, 7) is 2.84. The number of anilines is 2. The van der Waals surface area contributed by atoms with Gasteiger partial charge >= 0.3 is 6.18 Å². The molecule has 2 heterocycles. The topological polar surface area (TPSA) is 88.4 Å². The first-order valence-corrected chi connectivity index (χ1v) is 11.7. The maximum atomic E-state index is 13.4. The highest BCUT2D eigenvalue weighted by molar-refractivity contribution is 7.99. The van der Waals surface area contributed by atoms with Crippen molar-refractivity contribution in [3.05, 3.63) is 48.0 Å². The molecule has 35 heavy (non-hydrogen) atoms. The van der Waals surface area contributed by atoms with Gasteiger partial charge in [-0.2, -0.15) is 17.9 Å². The van der Waals surface area contributed by atoms with E-state index in [1.54, 1.807) is 24.3 Å². The van der Waals surface area contributed by atoms with Crippen LogP contribution in [-0.2, 0) is 11.0 Å². The normalized spacial score (nSPS) is 14.7. The molecule has 9 nitrogen and oxygen atoms in total. The molecule has 1 aromatic heterocycles. The molecule has 0 saturated carbocycles. The van der Waals surface area contributed by atoms with Gasteiger partial charge in [0.15, 0.2) is 0 Å². The second-order valence-corrected chi connectivity index (χ2v) is 8.84. The minimum absolute atomic E-state index is 0.103. The van der Waals surface area contributed by atoms with E-state index in [4.69, 9.17) is 4.74 Å². The number of ether oxygens (including phenoxy) is 1. The Morgan fingerprint density at radius 1 is 1.11 bits per heavy atom. The van der Waals surface area contributed by atoms with Crippen molar-refractivity contribution in [2.75, 3.05) is 56.3 Å². The van der Waals surface area contributed by atoms with Crippen LogP contribution in [0.2, 0.25) is 0 Å². The van der Waals surface area contributed by atoms with E-state index in [2.05, 4.69) is 25.7 Å². The van der Waals surface area contributed by atoms with Crippen molar-refractivity contribution >= 4 is 29.0 Å². The number of benzene rings is 2. The van der Waals surface area contributed by atoms with E-state index in [9.17, 15) is 18.0 Å². The van der Waals surface area contributed by atoms with Gasteiger partial charge in [0.2, 0.25) is 11.1 Å². The summed E-state index contributed by atoms with van der Waals surface area (Å²) in [4.78, 5) is 16.9. The SMILES string of the molecule is COc1ccccc1-n1nnnc1SCC(=O)Nc1cc(C(F)(F)F)ccc1N1CCN(C)CC1. The van der Waals surface area contributed by atoms with E-state index in [1.807, 2.05) is 11.9 Å². The largest absolute Gasteiger partial charge is 0.494 e. The van der Waals surface area contributed by atoms with Crippen molar-refractivity contribution in [1.82, 2.24) is 25.1 Å². The number of tetrazole rings is 1. The zero-order valence-corrected chi connectivity index (χ0v) is 19.9. The highest BCUT2D eigenvalue weighted by Crippen LogP contribution is 2.36. The van der Waals surface area contributed by atoms with Crippen LogP contribution in [0.15, 0.2) is 47.6 Å². The summed E-state index contributed by atoms with van der Waals surface area (Å²) >= 11 is 1.06. The Kier molecular flexibility index (Phi) is 7.45. The number of amides is 1. The summed E-state index contributed by atoms with van der Waals surface area (Å²) in [5.74, 6) is -0.0281. The number of carbonyl (C=O) groups is 1. The highest BCUT2D eigenvalue weighted by atomic mass is 32.2. The number of likely N-dealkylation sites (N-methyl/N-ethyl adjacent to an activating group) is 1. The summed E-state index contributed by atoms with van der Waals surface area (Å²) in [7, 11) is 3.51. The summed E-state index contributed by atoms with van der Waals surface area (Å²) in [6, 6.07) is 10.6. The molecule has 0 spiro atoms. The summed E-state index contributed by atoms with van der Waals surface area (Å²) in [6.07, 6.45) is -4.52. The molecule has 1 aliphatic rings. The molecular formula is C22H24F3N7O2S. The Bertz CT molecular complexity index is 1180. The molecule has 0 radical (unpaired) electrons. The first-order valence-electron chi connectivity index (χ1n) is 10.8. The number of thioether (sulfide) groups is 1. The van der Waals surface area contributed by atoms with Crippen molar-refractivity contribution in [1.29, 1.82) is 0 Å². The average Bonchev–Trinajstić information content (AvgIpc) is 3.31. The second kappa shape index (κ2) is 10.5. The number of para-hydroxylation sites is 2. The molecular weight excluding hydrogens is 483 g/mol. The van der Waals surface area contributed by atoms with Gasteiger partial charge < -0.3 is 19.9 Å². The Morgan fingerprint density at radius 2 is 1.86 bits per heavy atom. The van der Waals surface area contributed by atoms with Crippen molar-refractivity contribution in [3.63, 3.8) is 0 Å². The molecule has 13 heteroatoms. The standard InChI is InChI=1S/C22H24F3N7O2S/c1-30-9-11-31(12-10-30)17-8-7-15(22(23,24)25)13-16(17)26-20(33)14-35-21-27-28-29-32(21)18-5-3-4-6-19(18)34-2/h3-8,13H,9-12,14H2,1-2H3,(H,26,33). The number of halogens is 3. The van der Waals surface area contributed by atoms with E-state index in [-0.39, 0.29) is 11.4 Å². The third-order valence-electron chi connectivity index (χ3n) is 5.53. The molecule has 0 unspecified atom stereocenters. The molecule has 0 aliphatic carbocycles. The van der Waals surface area contributed by atoms with Crippen LogP contribution >= 0.6 is 11.8 Å². The van der Waals surface area contributed by atoms with Gasteiger partial charge in [-0.3, -0.25) is 4.79 Å². The number of piperazine rings is 1. The Morgan fingerprint density at radius 3 is 2.57 bits per heavy atom. The fourth-order valence-corrected chi connectivity index (χ4v) is 4.36. The molecule has 186 valence electrons. The van der Waals surface area contributed by atoms with Gasteiger partial charge in [0, 0.05) is 26.2 Å². The number of rotatable bonds is 7. The van der Waals surface area contributed by atoms with Crippen LogP contribution in [0.5, 0.6) is 5.75 Å². The Labute approximate surface area is 204 Å². The summed E-state index contributed by atoms with van der Waals surface area (Å²) in [5, 5.41) is 14.6. The quantitative estimate of drug-likeness (QED) is 0.488. The monoisotopic (exact) mass is 507 g/mol. The van der Waals surface area contributed by atoms with Crippen LogP contribution in [0.25, 0.3) is 5.69 Å². The lowest BCUT2D eigenvalue weighted by Gasteiger charge is -2.35. The van der Waals surface area contributed by atoms with Gasteiger partial charge in [-0.05, 0) is 47.8 Å². The van der Waals surface area contributed by atoms with Gasteiger partial charge in [-0.25, -0.2) is 0 Å². The van der Waals surface area contributed by atoms with E-state index in [0.717, 1.165) is 37.0 Å². The Hall–Kier alpha value is -3.32. The number of alkyl halides is 3. The van der Waals surface area contributed by atoms with Gasteiger partial charge in [0.05, 0.1) is 29.8 Å². The predicted molar refractivity (Wildman–Crippen MR) is 126 cm³/mol. The number of hydrogen-bond donors (Lipinski definition) is 1. The summed E-state index contributed by atoms with van der Waals surface area (Å²) < 4.78 is 46.9. The molecule has 1 fully saturated rings. The van der Waals surface area contributed by atoms with Gasteiger partial charge in [0.25, 0.3) is 0 Å². The van der Waals surface area contributed by atoms with Crippen LogP contribution in [0.3, 0.4) is 0 Å².